The summed E-state index contributed by atoms with van der Waals surface area (Å²) in [6.07, 6.45) is 0. The van der Waals surface area contributed by atoms with Gasteiger partial charge in [0.05, 0.1) is 12.6 Å². The van der Waals surface area contributed by atoms with Gasteiger partial charge in [-0.05, 0) is 56.6 Å². The second kappa shape index (κ2) is 9.33. The molecule has 6 heteroatoms. The Bertz CT molecular complexity index is 1070. The van der Waals surface area contributed by atoms with E-state index in [1.54, 1.807) is 43.1 Å². The minimum atomic E-state index is -0.518. The van der Waals surface area contributed by atoms with E-state index in [9.17, 15) is 14.4 Å². The number of hydrogen-bond acceptors (Lipinski definition) is 4. The molecule has 3 aromatic carbocycles. The molecule has 2 amide bonds. The molecule has 0 aliphatic heterocycles. The highest BCUT2D eigenvalue weighted by atomic mass is 16.2. The summed E-state index contributed by atoms with van der Waals surface area (Å²) in [5, 5.41) is 7.76. The van der Waals surface area contributed by atoms with Crippen molar-refractivity contribution in [3.05, 3.63) is 72.3 Å². The lowest BCUT2D eigenvalue weighted by atomic mass is 10.1. The van der Waals surface area contributed by atoms with Gasteiger partial charge in [-0.2, -0.15) is 0 Å². The Morgan fingerprint density at radius 1 is 0.900 bits per heavy atom. The average molecular weight is 403 g/mol. The van der Waals surface area contributed by atoms with Crippen molar-refractivity contribution in [2.24, 2.45) is 0 Å². The Morgan fingerprint density at radius 2 is 1.57 bits per heavy atom. The van der Waals surface area contributed by atoms with Gasteiger partial charge >= 0.3 is 0 Å². The quantitative estimate of drug-likeness (QED) is 0.586. The molecule has 0 aliphatic rings. The maximum absolute atomic E-state index is 12.5. The highest BCUT2D eigenvalue weighted by molar-refractivity contribution is 6.03. The second-order valence-electron chi connectivity index (χ2n) is 7.29. The van der Waals surface area contributed by atoms with Crippen LogP contribution in [0.1, 0.15) is 24.2 Å². The van der Waals surface area contributed by atoms with Crippen molar-refractivity contribution >= 4 is 39.7 Å². The minimum Gasteiger partial charge on any atom is -0.325 e. The fraction of sp³-hybridized carbons (Fsp3) is 0.208. The Kier molecular flexibility index (Phi) is 6.59. The molecule has 0 radical (unpaired) electrons. The number of carbonyl (C=O) groups excluding carboxylic acids is 3. The zero-order chi connectivity index (χ0) is 21.7. The van der Waals surface area contributed by atoms with E-state index in [4.69, 9.17) is 0 Å². The van der Waals surface area contributed by atoms with Crippen LogP contribution in [0.5, 0.6) is 0 Å². The predicted octanol–water partition coefficient (Wildman–Crippen LogP) is 3.94. The number of amides is 2. The van der Waals surface area contributed by atoms with Gasteiger partial charge in [-0.15, -0.1) is 0 Å². The molecule has 0 bridgehead atoms. The zero-order valence-corrected chi connectivity index (χ0v) is 17.3. The summed E-state index contributed by atoms with van der Waals surface area (Å²) in [7, 11) is 1.73. The smallest absolute Gasteiger partial charge is 0.241 e. The van der Waals surface area contributed by atoms with Crippen molar-refractivity contribution < 1.29 is 14.4 Å². The molecule has 0 aliphatic carbocycles. The number of likely N-dealkylation sites (N-methyl/N-ethyl adjacent to an activating group) is 1. The normalized spacial score (nSPS) is 11.9. The Labute approximate surface area is 175 Å². The van der Waals surface area contributed by atoms with Crippen molar-refractivity contribution in [1.82, 2.24) is 4.90 Å². The van der Waals surface area contributed by atoms with Gasteiger partial charge in [-0.3, -0.25) is 19.3 Å². The number of nitrogens with zero attached hydrogens (tertiary/aromatic N) is 1. The van der Waals surface area contributed by atoms with Crippen LogP contribution in [0.15, 0.2) is 66.7 Å². The standard InChI is InChI=1S/C24H25N3O3/c1-16(24(30)25-20-13-11-18(12-14-20)17(2)28)27(3)15-23(29)26-22-10-6-8-19-7-4-5-9-21(19)22/h4-14,16H,15H2,1-3H3,(H,25,30)(H,26,29)/t16-/m1/s1. The van der Waals surface area contributed by atoms with Crippen LogP contribution in [0, 0.1) is 0 Å². The van der Waals surface area contributed by atoms with Crippen LogP contribution in [0.4, 0.5) is 11.4 Å². The van der Waals surface area contributed by atoms with Crippen LogP contribution in [-0.4, -0.2) is 42.1 Å². The fourth-order valence-corrected chi connectivity index (χ4v) is 3.12. The van der Waals surface area contributed by atoms with E-state index in [1.165, 1.54) is 6.92 Å². The number of anilines is 2. The van der Waals surface area contributed by atoms with E-state index in [-0.39, 0.29) is 24.1 Å². The highest BCUT2D eigenvalue weighted by Gasteiger charge is 2.20. The summed E-state index contributed by atoms with van der Waals surface area (Å²) in [5.41, 5.74) is 1.93. The van der Waals surface area contributed by atoms with Crippen LogP contribution in [0.25, 0.3) is 10.8 Å². The van der Waals surface area contributed by atoms with E-state index in [0.29, 0.717) is 11.3 Å². The van der Waals surface area contributed by atoms with E-state index in [1.807, 2.05) is 42.5 Å². The van der Waals surface area contributed by atoms with Gasteiger partial charge in [0, 0.05) is 22.3 Å². The molecule has 0 heterocycles. The number of benzene rings is 3. The topological polar surface area (TPSA) is 78.5 Å². The third-order valence-electron chi connectivity index (χ3n) is 5.06. The van der Waals surface area contributed by atoms with Crippen LogP contribution in [-0.2, 0) is 9.59 Å². The summed E-state index contributed by atoms with van der Waals surface area (Å²) in [6, 6.07) is 19.8. The lowest BCUT2D eigenvalue weighted by Crippen LogP contribution is -2.43. The molecule has 2 N–H and O–H groups in total. The average Bonchev–Trinajstić information content (AvgIpc) is 2.73. The lowest BCUT2D eigenvalue weighted by molar-refractivity contribution is -0.122. The summed E-state index contributed by atoms with van der Waals surface area (Å²) >= 11 is 0. The van der Waals surface area contributed by atoms with E-state index in [2.05, 4.69) is 10.6 Å². The molecule has 3 rings (SSSR count). The van der Waals surface area contributed by atoms with Crippen LogP contribution in [0.3, 0.4) is 0 Å². The minimum absolute atomic E-state index is 0.0295. The van der Waals surface area contributed by atoms with Crippen molar-refractivity contribution in [3.63, 3.8) is 0 Å². The van der Waals surface area contributed by atoms with Crippen molar-refractivity contribution in [2.75, 3.05) is 24.2 Å². The van der Waals surface area contributed by atoms with E-state index in [0.717, 1.165) is 16.5 Å². The molecule has 0 spiro atoms. The molecule has 6 nitrogen and oxygen atoms in total. The number of nitrogens with one attached hydrogen (secondary N) is 2. The molecular formula is C24H25N3O3. The second-order valence-corrected chi connectivity index (χ2v) is 7.29. The number of carbonyl (C=O) groups is 3. The van der Waals surface area contributed by atoms with Gasteiger partial charge in [0.25, 0.3) is 0 Å². The Morgan fingerprint density at radius 3 is 2.27 bits per heavy atom. The summed E-state index contributed by atoms with van der Waals surface area (Å²) in [4.78, 5) is 38.1. The van der Waals surface area contributed by atoms with Gasteiger partial charge in [-0.1, -0.05) is 36.4 Å². The Balaban J connectivity index is 1.58. The van der Waals surface area contributed by atoms with Gasteiger partial charge in [-0.25, -0.2) is 0 Å². The molecule has 0 fully saturated rings. The van der Waals surface area contributed by atoms with E-state index < -0.39 is 6.04 Å². The molecule has 0 saturated heterocycles. The van der Waals surface area contributed by atoms with Gasteiger partial charge in [0.1, 0.15) is 0 Å². The fourth-order valence-electron chi connectivity index (χ4n) is 3.12. The predicted molar refractivity (Wildman–Crippen MR) is 120 cm³/mol. The first-order chi connectivity index (χ1) is 14.3. The number of hydrogen-bond donors (Lipinski definition) is 2. The van der Waals surface area contributed by atoms with Gasteiger partial charge in [0.2, 0.25) is 11.8 Å². The van der Waals surface area contributed by atoms with Crippen molar-refractivity contribution in [2.45, 2.75) is 19.9 Å². The molecule has 30 heavy (non-hydrogen) atoms. The SMILES string of the molecule is CC(=O)c1ccc(NC(=O)[C@@H](C)N(C)CC(=O)Nc2cccc3ccccc23)cc1. The molecule has 0 aromatic heterocycles. The van der Waals surface area contributed by atoms with Crippen molar-refractivity contribution in [1.29, 1.82) is 0 Å². The Hall–Kier alpha value is -3.51. The number of rotatable bonds is 7. The molecular weight excluding hydrogens is 378 g/mol. The first-order valence-electron chi connectivity index (χ1n) is 9.75. The molecule has 1 atom stereocenters. The molecule has 0 unspecified atom stereocenters. The maximum Gasteiger partial charge on any atom is 0.241 e. The number of fused-ring (bicyclic) bond motifs is 1. The van der Waals surface area contributed by atoms with Crippen LogP contribution < -0.4 is 10.6 Å². The molecule has 154 valence electrons. The summed E-state index contributed by atoms with van der Waals surface area (Å²) in [6.45, 7) is 3.31. The lowest BCUT2D eigenvalue weighted by Gasteiger charge is -2.23. The van der Waals surface area contributed by atoms with Gasteiger partial charge in [0.15, 0.2) is 5.78 Å². The first-order valence-corrected chi connectivity index (χ1v) is 9.75. The van der Waals surface area contributed by atoms with Crippen LogP contribution >= 0.6 is 0 Å². The first kappa shape index (κ1) is 21.2. The monoisotopic (exact) mass is 403 g/mol. The zero-order valence-electron chi connectivity index (χ0n) is 17.3. The molecule has 3 aromatic rings. The largest absolute Gasteiger partial charge is 0.325 e. The summed E-state index contributed by atoms with van der Waals surface area (Å²) in [5.74, 6) is -0.455. The third-order valence-corrected chi connectivity index (χ3v) is 5.06. The van der Waals surface area contributed by atoms with E-state index >= 15 is 0 Å². The third kappa shape index (κ3) is 5.10. The molecule has 0 saturated carbocycles. The van der Waals surface area contributed by atoms with Crippen molar-refractivity contribution in [3.8, 4) is 0 Å². The number of Topliss-reactive ketones (excluding diaryl/α,β-unsaturated/α-hetero) is 1. The van der Waals surface area contributed by atoms with Gasteiger partial charge < -0.3 is 10.6 Å². The maximum atomic E-state index is 12.5. The van der Waals surface area contributed by atoms with Crippen LogP contribution in [0.2, 0.25) is 0 Å². The summed E-state index contributed by atoms with van der Waals surface area (Å²) < 4.78 is 0. The number of ketones is 1. The highest BCUT2D eigenvalue weighted by Crippen LogP contribution is 2.22.